The van der Waals surface area contributed by atoms with E-state index in [1.807, 2.05) is 38.1 Å². The first-order chi connectivity index (χ1) is 16.8. The molecule has 0 N–H and O–H groups in total. The zero-order chi connectivity index (χ0) is 25.3. The number of pyridine rings is 1. The van der Waals surface area contributed by atoms with Crippen LogP contribution in [-0.4, -0.2) is 33.7 Å². The molecule has 4 rings (SSSR count). The lowest BCUT2D eigenvalue weighted by Crippen LogP contribution is -2.45. The average molecular weight is 473 g/mol. The molecule has 0 unspecified atom stereocenters. The molecule has 0 saturated heterocycles. The van der Waals surface area contributed by atoms with E-state index in [0.717, 1.165) is 10.1 Å². The summed E-state index contributed by atoms with van der Waals surface area (Å²) in [6.07, 6.45) is 0. The number of methoxy groups -OCH3 is 1. The van der Waals surface area contributed by atoms with Crippen molar-refractivity contribution in [2.75, 3.05) is 18.6 Å². The summed E-state index contributed by atoms with van der Waals surface area (Å²) in [4.78, 5) is 46.8. The zero-order valence-electron chi connectivity index (χ0n) is 20.5. The fourth-order valence-corrected chi connectivity index (χ4v) is 4.37. The van der Waals surface area contributed by atoms with Gasteiger partial charge in [0.2, 0.25) is 5.91 Å². The first-order valence-electron chi connectivity index (χ1n) is 11.4. The molecule has 8 nitrogen and oxygen atoms in total. The highest BCUT2D eigenvalue weighted by Crippen LogP contribution is 2.24. The summed E-state index contributed by atoms with van der Waals surface area (Å²) in [6, 6.07) is 16.4. The van der Waals surface area contributed by atoms with Gasteiger partial charge in [0, 0.05) is 17.9 Å². The third kappa shape index (κ3) is 4.35. The van der Waals surface area contributed by atoms with E-state index < -0.39 is 17.8 Å². The molecule has 0 bridgehead atoms. The number of carbonyl (C=O) groups is 1. The number of hydrogen-bond acceptors (Lipinski definition) is 5. The van der Waals surface area contributed by atoms with Gasteiger partial charge >= 0.3 is 5.69 Å². The number of rotatable bonds is 6. The van der Waals surface area contributed by atoms with Crippen LogP contribution in [0, 0.1) is 20.8 Å². The minimum absolute atomic E-state index is 0.233. The van der Waals surface area contributed by atoms with Crippen LogP contribution in [0.2, 0.25) is 0 Å². The van der Waals surface area contributed by atoms with Crippen LogP contribution in [0.5, 0.6) is 5.75 Å². The molecule has 0 saturated carbocycles. The number of anilines is 1. The minimum atomic E-state index is -0.654. The fraction of sp³-hybridized carbons (Fsp3) is 0.259. The molecule has 0 aliphatic carbocycles. The Balaban J connectivity index is 1.96. The zero-order valence-corrected chi connectivity index (χ0v) is 20.5. The Morgan fingerprint density at radius 3 is 2.46 bits per heavy atom. The summed E-state index contributed by atoms with van der Waals surface area (Å²) in [7, 11) is 1.51. The second-order valence-corrected chi connectivity index (χ2v) is 8.44. The Morgan fingerprint density at radius 2 is 1.77 bits per heavy atom. The van der Waals surface area contributed by atoms with Crippen LogP contribution < -0.4 is 20.9 Å². The highest BCUT2D eigenvalue weighted by molar-refractivity contribution is 5.93. The van der Waals surface area contributed by atoms with Crippen molar-refractivity contribution in [2.24, 2.45) is 0 Å². The van der Waals surface area contributed by atoms with E-state index in [1.165, 1.54) is 11.7 Å². The maximum atomic E-state index is 13.8. The van der Waals surface area contributed by atoms with Gasteiger partial charge in [0.15, 0.2) is 5.65 Å². The van der Waals surface area contributed by atoms with E-state index in [-0.39, 0.29) is 16.9 Å². The summed E-state index contributed by atoms with van der Waals surface area (Å²) in [5, 5.41) is 0.285. The van der Waals surface area contributed by atoms with Crippen molar-refractivity contribution in [1.29, 1.82) is 0 Å². The molecule has 0 radical (unpaired) electrons. The Labute approximate surface area is 203 Å². The van der Waals surface area contributed by atoms with E-state index in [0.29, 0.717) is 34.9 Å². The summed E-state index contributed by atoms with van der Waals surface area (Å²) < 4.78 is 7.83. The maximum Gasteiger partial charge on any atom is 0.337 e. The number of fused-ring (bicyclic) bond motifs is 1. The Morgan fingerprint density at radius 1 is 1.03 bits per heavy atom. The minimum Gasteiger partial charge on any atom is -0.495 e. The van der Waals surface area contributed by atoms with E-state index in [4.69, 9.17) is 4.74 Å². The monoisotopic (exact) mass is 472 g/mol. The highest BCUT2D eigenvalue weighted by atomic mass is 16.5. The predicted octanol–water partition coefficient (Wildman–Crippen LogP) is 3.53. The first kappa shape index (κ1) is 23.9. The van der Waals surface area contributed by atoms with Crippen LogP contribution in [-0.2, 0) is 11.3 Å². The molecular weight excluding hydrogens is 444 g/mol. The molecule has 8 heteroatoms. The number of aryl methyl sites for hydroxylation is 3. The standard InChI is InChI=1S/C27H28N4O4/c1-6-29(20-11-9-10-17(2)14-20)23(32)16-30-26(33)24-18(3)15-19(4)28-25(24)31(27(30)34)21-12-7-8-13-22(21)35-5/h7-15H,6,16H2,1-5H3. The van der Waals surface area contributed by atoms with E-state index in [2.05, 4.69) is 4.98 Å². The molecule has 180 valence electrons. The largest absolute Gasteiger partial charge is 0.495 e. The quantitative estimate of drug-likeness (QED) is 0.429. The SMILES string of the molecule is CCN(C(=O)Cn1c(=O)c2c(C)cc(C)nc2n(-c2ccccc2OC)c1=O)c1cccc(C)c1. The number of ether oxygens (including phenoxy) is 1. The summed E-state index contributed by atoms with van der Waals surface area (Å²) in [6.45, 7) is 7.39. The number of carbonyl (C=O) groups excluding carboxylic acids is 1. The molecule has 0 aliphatic rings. The van der Waals surface area contributed by atoms with Crippen LogP contribution in [0.25, 0.3) is 16.7 Å². The number of amides is 1. The highest BCUT2D eigenvalue weighted by Gasteiger charge is 2.23. The third-order valence-electron chi connectivity index (χ3n) is 5.97. The lowest BCUT2D eigenvalue weighted by molar-refractivity contribution is -0.119. The molecular formula is C27H28N4O4. The average Bonchev–Trinajstić information content (AvgIpc) is 2.82. The van der Waals surface area contributed by atoms with Crippen molar-refractivity contribution in [3.63, 3.8) is 0 Å². The van der Waals surface area contributed by atoms with Crippen molar-refractivity contribution in [2.45, 2.75) is 34.2 Å². The summed E-state index contributed by atoms with van der Waals surface area (Å²) in [5.74, 6) is 0.0873. The molecule has 0 aliphatic heterocycles. The maximum absolute atomic E-state index is 13.8. The van der Waals surface area contributed by atoms with Crippen LogP contribution >= 0.6 is 0 Å². The summed E-state index contributed by atoms with van der Waals surface area (Å²) >= 11 is 0. The number of aromatic nitrogens is 3. The lowest BCUT2D eigenvalue weighted by Gasteiger charge is -2.22. The van der Waals surface area contributed by atoms with Crippen LogP contribution in [0.3, 0.4) is 0 Å². The van der Waals surface area contributed by atoms with Gasteiger partial charge in [0.05, 0.1) is 18.2 Å². The normalized spacial score (nSPS) is 11.0. The van der Waals surface area contributed by atoms with E-state index in [9.17, 15) is 14.4 Å². The van der Waals surface area contributed by atoms with Crippen molar-refractivity contribution >= 4 is 22.6 Å². The lowest BCUT2D eigenvalue weighted by atomic mass is 10.1. The molecule has 0 fully saturated rings. The smallest absolute Gasteiger partial charge is 0.337 e. The Hall–Kier alpha value is -4.20. The topological polar surface area (TPSA) is 86.4 Å². The van der Waals surface area contributed by atoms with Crippen LogP contribution in [0.4, 0.5) is 5.69 Å². The fourth-order valence-electron chi connectivity index (χ4n) is 4.37. The van der Waals surface area contributed by atoms with Gasteiger partial charge < -0.3 is 9.64 Å². The summed E-state index contributed by atoms with van der Waals surface area (Å²) in [5.41, 5.74) is 2.53. The van der Waals surface area contributed by atoms with Gasteiger partial charge in [-0.25, -0.2) is 18.9 Å². The molecule has 2 aromatic carbocycles. The molecule has 2 heterocycles. The molecule has 1 amide bonds. The van der Waals surface area contributed by atoms with E-state index in [1.54, 1.807) is 49.1 Å². The Bertz CT molecular complexity index is 1550. The van der Waals surface area contributed by atoms with Gasteiger partial charge in [0.25, 0.3) is 5.56 Å². The van der Waals surface area contributed by atoms with Gasteiger partial charge in [0.1, 0.15) is 12.3 Å². The second kappa shape index (κ2) is 9.58. The molecule has 0 spiro atoms. The van der Waals surface area contributed by atoms with Gasteiger partial charge in [-0.05, 0) is 69.2 Å². The first-order valence-corrected chi connectivity index (χ1v) is 11.4. The number of benzene rings is 2. The second-order valence-electron chi connectivity index (χ2n) is 8.44. The van der Waals surface area contributed by atoms with Crippen molar-refractivity contribution in [3.05, 3.63) is 92.3 Å². The number of nitrogens with zero attached hydrogens (tertiary/aromatic N) is 4. The van der Waals surface area contributed by atoms with Crippen molar-refractivity contribution in [3.8, 4) is 11.4 Å². The van der Waals surface area contributed by atoms with Gasteiger partial charge in [-0.3, -0.25) is 9.59 Å². The van der Waals surface area contributed by atoms with Gasteiger partial charge in [-0.2, -0.15) is 0 Å². The number of para-hydroxylation sites is 2. The van der Waals surface area contributed by atoms with Gasteiger partial charge in [-0.1, -0.05) is 24.3 Å². The molecule has 2 aromatic heterocycles. The van der Waals surface area contributed by atoms with Crippen molar-refractivity contribution < 1.29 is 9.53 Å². The van der Waals surface area contributed by atoms with Crippen molar-refractivity contribution in [1.82, 2.24) is 14.1 Å². The van der Waals surface area contributed by atoms with Gasteiger partial charge in [-0.15, -0.1) is 0 Å². The Kier molecular flexibility index (Phi) is 6.55. The molecule has 4 aromatic rings. The van der Waals surface area contributed by atoms with Crippen LogP contribution in [0.1, 0.15) is 23.7 Å². The van der Waals surface area contributed by atoms with E-state index >= 15 is 0 Å². The third-order valence-corrected chi connectivity index (χ3v) is 5.97. The predicted molar refractivity (Wildman–Crippen MR) is 137 cm³/mol. The molecule has 0 atom stereocenters. The number of hydrogen-bond donors (Lipinski definition) is 0. The number of likely N-dealkylation sites (N-methyl/N-ethyl adjacent to an activating group) is 1. The van der Waals surface area contributed by atoms with Crippen LogP contribution in [0.15, 0.2) is 64.2 Å². The molecule has 35 heavy (non-hydrogen) atoms.